The summed E-state index contributed by atoms with van der Waals surface area (Å²) in [6, 6.07) is 15.8. The van der Waals surface area contributed by atoms with E-state index in [1.54, 1.807) is 18.2 Å². The Labute approximate surface area is 125 Å². The average Bonchev–Trinajstić information content (AvgIpc) is 2.53. The van der Waals surface area contributed by atoms with Gasteiger partial charge < -0.3 is 0 Å². The van der Waals surface area contributed by atoms with E-state index >= 15 is 0 Å². The van der Waals surface area contributed by atoms with Gasteiger partial charge in [0.25, 0.3) is 0 Å². The fourth-order valence-corrected chi connectivity index (χ4v) is 2.53. The minimum atomic E-state index is -4.35. The molecule has 0 unspecified atom stereocenters. The molecule has 22 heavy (non-hydrogen) atoms. The van der Waals surface area contributed by atoms with E-state index in [0.29, 0.717) is 11.1 Å². The van der Waals surface area contributed by atoms with Crippen molar-refractivity contribution in [1.29, 1.82) is 0 Å². The second-order valence-electron chi connectivity index (χ2n) is 4.94. The molecule has 0 bridgehead atoms. The van der Waals surface area contributed by atoms with E-state index in [1.807, 2.05) is 18.2 Å². The molecule has 0 radical (unpaired) electrons. The zero-order valence-corrected chi connectivity index (χ0v) is 11.4. The summed E-state index contributed by atoms with van der Waals surface area (Å²) in [4.78, 5) is 11.1. The molecule has 0 N–H and O–H groups in total. The van der Waals surface area contributed by atoms with Gasteiger partial charge in [-0.1, -0.05) is 48.5 Å². The largest absolute Gasteiger partial charge is 0.416 e. The lowest BCUT2D eigenvalue weighted by Crippen LogP contribution is -2.04. The fourth-order valence-electron chi connectivity index (χ4n) is 2.53. The monoisotopic (exact) mass is 300 g/mol. The molecule has 4 heteroatoms. The molecule has 0 amide bonds. The van der Waals surface area contributed by atoms with E-state index < -0.39 is 11.7 Å². The Balaban J connectivity index is 2.16. The standard InChI is InChI=1S/C18H11F3O/c19-18(20,21)14-9-7-12(8-10-14)15-4-2-5-16-13(11-22)3-1-6-17(15)16/h1-11H. The highest BCUT2D eigenvalue weighted by atomic mass is 19.4. The topological polar surface area (TPSA) is 17.1 Å². The number of alkyl halides is 3. The zero-order chi connectivity index (χ0) is 15.7. The molecule has 0 spiro atoms. The Kier molecular flexibility index (Phi) is 3.45. The second kappa shape index (κ2) is 5.30. The number of hydrogen-bond donors (Lipinski definition) is 0. The molecule has 0 heterocycles. The Hall–Kier alpha value is -2.62. The number of carbonyl (C=O) groups is 1. The van der Waals surface area contributed by atoms with Crippen LogP contribution < -0.4 is 0 Å². The molecule has 0 aliphatic rings. The first-order chi connectivity index (χ1) is 10.5. The number of benzene rings is 3. The minimum absolute atomic E-state index is 0.561. The maximum Gasteiger partial charge on any atom is 0.416 e. The number of rotatable bonds is 2. The van der Waals surface area contributed by atoms with Gasteiger partial charge in [-0.25, -0.2) is 0 Å². The van der Waals surface area contributed by atoms with Crippen molar-refractivity contribution < 1.29 is 18.0 Å². The molecule has 3 rings (SSSR count). The maximum absolute atomic E-state index is 12.6. The van der Waals surface area contributed by atoms with Gasteiger partial charge in [0, 0.05) is 5.56 Å². The Bertz CT molecular complexity index is 833. The molecule has 0 saturated carbocycles. The summed E-state index contributed by atoms with van der Waals surface area (Å²) in [6.07, 6.45) is -3.57. The van der Waals surface area contributed by atoms with Crippen LogP contribution in [-0.4, -0.2) is 6.29 Å². The molecular formula is C18H11F3O. The first-order valence-corrected chi connectivity index (χ1v) is 6.65. The van der Waals surface area contributed by atoms with Crippen molar-refractivity contribution in [3.8, 4) is 11.1 Å². The number of fused-ring (bicyclic) bond motifs is 1. The molecule has 1 nitrogen and oxygen atoms in total. The zero-order valence-electron chi connectivity index (χ0n) is 11.4. The summed E-state index contributed by atoms with van der Waals surface area (Å²) in [5.74, 6) is 0. The van der Waals surface area contributed by atoms with Crippen LogP contribution in [-0.2, 0) is 6.18 Å². The minimum Gasteiger partial charge on any atom is -0.298 e. The number of halogens is 3. The van der Waals surface area contributed by atoms with Gasteiger partial charge in [0.2, 0.25) is 0 Å². The van der Waals surface area contributed by atoms with Crippen LogP contribution >= 0.6 is 0 Å². The van der Waals surface area contributed by atoms with Crippen molar-refractivity contribution in [3.63, 3.8) is 0 Å². The van der Waals surface area contributed by atoms with Gasteiger partial charge in [-0.3, -0.25) is 4.79 Å². The van der Waals surface area contributed by atoms with Crippen LogP contribution in [0.2, 0.25) is 0 Å². The highest BCUT2D eigenvalue weighted by molar-refractivity contribution is 6.04. The predicted octanol–water partition coefficient (Wildman–Crippen LogP) is 5.34. The van der Waals surface area contributed by atoms with Crippen LogP contribution in [0.5, 0.6) is 0 Å². The lowest BCUT2D eigenvalue weighted by Gasteiger charge is -2.10. The number of aldehydes is 1. The van der Waals surface area contributed by atoms with Gasteiger partial charge in [0.15, 0.2) is 6.29 Å². The average molecular weight is 300 g/mol. The Morgan fingerprint density at radius 3 is 2.05 bits per heavy atom. The fraction of sp³-hybridized carbons (Fsp3) is 0.0556. The van der Waals surface area contributed by atoms with E-state index in [1.165, 1.54) is 12.1 Å². The number of hydrogen-bond acceptors (Lipinski definition) is 1. The summed E-state index contributed by atoms with van der Waals surface area (Å²) in [6.45, 7) is 0. The third-order valence-corrected chi connectivity index (χ3v) is 3.61. The first-order valence-electron chi connectivity index (χ1n) is 6.65. The summed E-state index contributed by atoms with van der Waals surface area (Å²) in [7, 11) is 0. The van der Waals surface area contributed by atoms with Gasteiger partial charge in [-0.2, -0.15) is 13.2 Å². The van der Waals surface area contributed by atoms with Gasteiger partial charge in [-0.05, 0) is 34.0 Å². The van der Waals surface area contributed by atoms with Crippen LogP contribution in [0.4, 0.5) is 13.2 Å². The van der Waals surface area contributed by atoms with Crippen molar-refractivity contribution in [1.82, 2.24) is 0 Å². The van der Waals surface area contributed by atoms with Gasteiger partial charge in [0.1, 0.15) is 0 Å². The molecule has 0 aliphatic carbocycles. The maximum atomic E-state index is 12.6. The van der Waals surface area contributed by atoms with Crippen molar-refractivity contribution in [2.24, 2.45) is 0 Å². The molecule has 3 aromatic rings. The van der Waals surface area contributed by atoms with Crippen molar-refractivity contribution >= 4 is 17.1 Å². The molecule has 0 fully saturated rings. The summed E-state index contributed by atoms with van der Waals surface area (Å²) >= 11 is 0. The summed E-state index contributed by atoms with van der Waals surface area (Å²) < 4.78 is 37.9. The first kappa shape index (κ1) is 14.3. The highest BCUT2D eigenvalue weighted by Gasteiger charge is 2.30. The quantitative estimate of drug-likeness (QED) is 0.584. The van der Waals surface area contributed by atoms with Gasteiger partial charge in [-0.15, -0.1) is 0 Å². The molecule has 110 valence electrons. The molecule has 0 aliphatic heterocycles. The lowest BCUT2D eigenvalue weighted by molar-refractivity contribution is -0.137. The predicted molar refractivity (Wildman–Crippen MR) is 79.8 cm³/mol. The van der Waals surface area contributed by atoms with Crippen LogP contribution in [0.3, 0.4) is 0 Å². The Morgan fingerprint density at radius 1 is 0.773 bits per heavy atom. The normalized spacial score (nSPS) is 11.6. The highest BCUT2D eigenvalue weighted by Crippen LogP contribution is 2.33. The molecule has 0 atom stereocenters. The van der Waals surface area contributed by atoms with E-state index in [2.05, 4.69) is 0 Å². The molecular weight excluding hydrogens is 289 g/mol. The van der Waals surface area contributed by atoms with Crippen LogP contribution in [0.25, 0.3) is 21.9 Å². The van der Waals surface area contributed by atoms with Crippen LogP contribution in [0.1, 0.15) is 15.9 Å². The van der Waals surface area contributed by atoms with Gasteiger partial charge in [0.05, 0.1) is 5.56 Å². The Morgan fingerprint density at radius 2 is 1.41 bits per heavy atom. The molecule has 0 aromatic heterocycles. The van der Waals surface area contributed by atoms with E-state index in [4.69, 9.17) is 0 Å². The van der Waals surface area contributed by atoms with E-state index in [0.717, 1.165) is 34.8 Å². The van der Waals surface area contributed by atoms with E-state index in [-0.39, 0.29) is 0 Å². The van der Waals surface area contributed by atoms with E-state index in [9.17, 15) is 18.0 Å². The summed E-state index contributed by atoms with van der Waals surface area (Å²) in [5.41, 5.74) is 1.37. The molecule has 3 aromatic carbocycles. The van der Waals surface area contributed by atoms with Crippen molar-refractivity contribution in [2.45, 2.75) is 6.18 Å². The lowest BCUT2D eigenvalue weighted by atomic mass is 9.95. The van der Waals surface area contributed by atoms with Gasteiger partial charge >= 0.3 is 6.18 Å². The smallest absolute Gasteiger partial charge is 0.298 e. The van der Waals surface area contributed by atoms with Crippen molar-refractivity contribution in [3.05, 3.63) is 71.8 Å². The summed E-state index contributed by atoms with van der Waals surface area (Å²) in [5, 5.41) is 1.63. The van der Waals surface area contributed by atoms with Crippen LogP contribution in [0, 0.1) is 0 Å². The van der Waals surface area contributed by atoms with Crippen LogP contribution in [0.15, 0.2) is 60.7 Å². The molecule has 0 saturated heterocycles. The third-order valence-electron chi connectivity index (χ3n) is 3.61. The number of carbonyl (C=O) groups excluding carboxylic acids is 1. The second-order valence-corrected chi connectivity index (χ2v) is 4.94. The van der Waals surface area contributed by atoms with Crippen molar-refractivity contribution in [2.75, 3.05) is 0 Å². The SMILES string of the molecule is O=Cc1cccc2c(-c3ccc(C(F)(F)F)cc3)cccc12. The third kappa shape index (κ3) is 2.48.